The Morgan fingerprint density at radius 2 is 2.14 bits per heavy atom. The van der Waals surface area contributed by atoms with E-state index in [1.165, 1.54) is 22.9 Å². The van der Waals surface area contributed by atoms with Crippen LogP contribution in [0.2, 0.25) is 0 Å². The van der Waals surface area contributed by atoms with Crippen molar-refractivity contribution in [3.8, 4) is 0 Å². The third kappa shape index (κ3) is 3.01. The molecule has 1 saturated heterocycles. The fourth-order valence-corrected chi connectivity index (χ4v) is 5.46. The average molecular weight is 347 g/mol. The Kier molecular flexibility index (Phi) is 4.88. The third-order valence-electron chi connectivity index (χ3n) is 3.82. The van der Waals surface area contributed by atoms with Gasteiger partial charge < -0.3 is 9.84 Å². The van der Waals surface area contributed by atoms with Crippen LogP contribution in [0.4, 0.5) is 0 Å². The molecule has 0 aliphatic carbocycles. The topological polar surface area (TPSA) is 101 Å². The first-order valence-corrected chi connectivity index (χ1v) is 9.02. The molecule has 2 rings (SSSR count). The number of hydrogen-bond acceptors (Lipinski definition) is 6. The van der Waals surface area contributed by atoms with Gasteiger partial charge >= 0.3 is 11.9 Å². The van der Waals surface area contributed by atoms with Crippen molar-refractivity contribution in [2.24, 2.45) is 5.92 Å². The number of carbonyl (C=O) groups excluding carboxylic acids is 1. The first kappa shape index (κ1) is 16.9. The van der Waals surface area contributed by atoms with Gasteiger partial charge in [-0.3, -0.25) is 4.79 Å². The summed E-state index contributed by atoms with van der Waals surface area (Å²) < 4.78 is 31.1. The maximum Gasteiger partial charge on any atom is 0.348 e. The minimum Gasteiger partial charge on any atom is -0.481 e. The Labute approximate surface area is 132 Å². The van der Waals surface area contributed by atoms with E-state index < -0.39 is 33.9 Å². The Bertz CT molecular complexity index is 680. The van der Waals surface area contributed by atoms with Crippen molar-refractivity contribution in [1.82, 2.24) is 4.31 Å². The first-order valence-electron chi connectivity index (χ1n) is 6.70. The van der Waals surface area contributed by atoms with E-state index >= 15 is 0 Å². The van der Waals surface area contributed by atoms with Crippen molar-refractivity contribution in [3.05, 3.63) is 16.3 Å². The maximum atomic E-state index is 12.7. The highest BCUT2D eigenvalue weighted by Gasteiger charge is 2.40. The fraction of sp³-hybridized carbons (Fsp3) is 0.538. The molecule has 122 valence electrons. The van der Waals surface area contributed by atoms with E-state index in [0.717, 1.165) is 11.3 Å². The van der Waals surface area contributed by atoms with E-state index in [-0.39, 0.29) is 16.3 Å². The van der Waals surface area contributed by atoms with Crippen molar-refractivity contribution < 1.29 is 27.9 Å². The first-order chi connectivity index (χ1) is 10.3. The standard InChI is InChI=1S/C13H17NO6S2/c1-8-10(12(15)16)4-3-5-14(8)22(18,19)9-6-11(21-7-9)13(17)20-2/h6-8,10H,3-5H2,1-2H3,(H,15,16). The molecule has 1 aliphatic rings. The molecule has 0 radical (unpaired) electrons. The molecule has 1 aromatic rings. The molecule has 2 unspecified atom stereocenters. The van der Waals surface area contributed by atoms with Gasteiger partial charge in [0.15, 0.2) is 0 Å². The average Bonchev–Trinajstić information content (AvgIpc) is 2.96. The van der Waals surface area contributed by atoms with E-state index in [2.05, 4.69) is 4.74 Å². The van der Waals surface area contributed by atoms with Crippen LogP contribution in [0.15, 0.2) is 16.3 Å². The highest BCUT2D eigenvalue weighted by molar-refractivity contribution is 7.89. The number of carbonyl (C=O) groups is 2. The number of carboxylic acid groups (broad SMARTS) is 1. The van der Waals surface area contributed by atoms with Gasteiger partial charge in [-0.05, 0) is 25.8 Å². The molecule has 1 aromatic heterocycles. The number of methoxy groups -OCH3 is 1. The van der Waals surface area contributed by atoms with Crippen LogP contribution in [-0.2, 0) is 19.6 Å². The summed E-state index contributed by atoms with van der Waals surface area (Å²) in [4.78, 5) is 22.9. The van der Waals surface area contributed by atoms with Crippen LogP contribution in [0.3, 0.4) is 0 Å². The molecule has 22 heavy (non-hydrogen) atoms. The van der Waals surface area contributed by atoms with Crippen molar-refractivity contribution in [2.75, 3.05) is 13.7 Å². The molecule has 0 aromatic carbocycles. The number of piperidine rings is 1. The summed E-state index contributed by atoms with van der Waals surface area (Å²) >= 11 is 0.985. The van der Waals surface area contributed by atoms with Crippen LogP contribution in [0, 0.1) is 5.92 Å². The van der Waals surface area contributed by atoms with Gasteiger partial charge in [0.25, 0.3) is 0 Å². The SMILES string of the molecule is COC(=O)c1cc(S(=O)(=O)N2CCCC(C(=O)O)C2C)cs1. The highest BCUT2D eigenvalue weighted by atomic mass is 32.2. The number of aliphatic carboxylic acids is 1. The van der Waals surface area contributed by atoms with Crippen LogP contribution < -0.4 is 0 Å². The molecule has 2 heterocycles. The van der Waals surface area contributed by atoms with Crippen LogP contribution in [0.25, 0.3) is 0 Å². The second kappa shape index (κ2) is 6.35. The minimum absolute atomic E-state index is 0.00390. The molecule has 0 spiro atoms. The molecule has 1 fully saturated rings. The van der Waals surface area contributed by atoms with Gasteiger partial charge in [-0.15, -0.1) is 11.3 Å². The lowest BCUT2D eigenvalue weighted by Crippen LogP contribution is -2.48. The Morgan fingerprint density at radius 1 is 1.45 bits per heavy atom. The Morgan fingerprint density at radius 3 is 2.73 bits per heavy atom. The fourth-order valence-electron chi connectivity index (χ4n) is 2.58. The summed E-state index contributed by atoms with van der Waals surface area (Å²) in [6.07, 6.45) is 0.952. The monoisotopic (exact) mass is 347 g/mol. The smallest absolute Gasteiger partial charge is 0.348 e. The predicted octanol–water partition coefficient (Wildman–Crippen LogP) is 1.41. The minimum atomic E-state index is -3.83. The van der Waals surface area contributed by atoms with Gasteiger partial charge in [0.2, 0.25) is 10.0 Å². The lowest BCUT2D eigenvalue weighted by molar-refractivity contribution is -0.144. The molecule has 0 bridgehead atoms. The zero-order valence-corrected chi connectivity index (χ0v) is 13.8. The summed E-state index contributed by atoms with van der Waals surface area (Å²) in [5.74, 6) is -2.31. The summed E-state index contributed by atoms with van der Waals surface area (Å²) in [5.41, 5.74) is 0. The number of sulfonamides is 1. The lowest BCUT2D eigenvalue weighted by Gasteiger charge is -2.36. The van der Waals surface area contributed by atoms with E-state index in [4.69, 9.17) is 0 Å². The van der Waals surface area contributed by atoms with Crippen molar-refractivity contribution >= 4 is 33.3 Å². The Hall–Kier alpha value is -1.45. The molecule has 0 amide bonds. The molecule has 1 aliphatic heterocycles. The summed E-state index contributed by atoms with van der Waals surface area (Å²) in [5, 5.41) is 10.6. The molecular weight excluding hydrogens is 330 g/mol. The van der Waals surface area contributed by atoms with Crippen LogP contribution >= 0.6 is 11.3 Å². The molecule has 2 atom stereocenters. The third-order valence-corrected chi connectivity index (χ3v) is 6.84. The van der Waals surface area contributed by atoms with E-state index in [0.29, 0.717) is 12.8 Å². The van der Waals surface area contributed by atoms with E-state index in [1.807, 2.05) is 0 Å². The van der Waals surface area contributed by atoms with Crippen molar-refractivity contribution in [1.29, 1.82) is 0 Å². The number of carboxylic acids is 1. The van der Waals surface area contributed by atoms with Crippen LogP contribution in [0.1, 0.15) is 29.4 Å². The quantitative estimate of drug-likeness (QED) is 0.827. The number of rotatable bonds is 4. The molecule has 0 saturated carbocycles. The maximum absolute atomic E-state index is 12.7. The van der Waals surface area contributed by atoms with Crippen molar-refractivity contribution in [2.45, 2.75) is 30.7 Å². The van der Waals surface area contributed by atoms with Crippen LogP contribution in [0.5, 0.6) is 0 Å². The number of nitrogens with zero attached hydrogens (tertiary/aromatic N) is 1. The number of thiophene rings is 1. The molecular formula is C13H17NO6S2. The molecule has 1 N–H and O–H groups in total. The Balaban J connectivity index is 2.31. The normalized spacial score (nSPS) is 23.2. The second-order valence-corrected chi connectivity index (χ2v) is 7.88. The van der Waals surface area contributed by atoms with Gasteiger partial charge in [-0.1, -0.05) is 0 Å². The zero-order valence-electron chi connectivity index (χ0n) is 12.2. The largest absolute Gasteiger partial charge is 0.481 e. The number of ether oxygens (including phenoxy) is 1. The van der Waals surface area contributed by atoms with Gasteiger partial charge in [-0.25, -0.2) is 13.2 Å². The second-order valence-electron chi connectivity index (χ2n) is 5.08. The van der Waals surface area contributed by atoms with E-state index in [1.54, 1.807) is 6.92 Å². The lowest BCUT2D eigenvalue weighted by atomic mass is 9.92. The summed E-state index contributed by atoms with van der Waals surface area (Å²) in [6, 6.07) is 0.640. The van der Waals surface area contributed by atoms with Gasteiger partial charge in [0, 0.05) is 18.0 Å². The van der Waals surface area contributed by atoms with Gasteiger partial charge in [0.1, 0.15) is 4.88 Å². The number of hydrogen-bond donors (Lipinski definition) is 1. The molecule has 7 nitrogen and oxygen atoms in total. The zero-order chi connectivity index (χ0) is 16.5. The summed E-state index contributed by atoms with van der Waals surface area (Å²) in [7, 11) is -2.60. The molecule has 9 heteroatoms. The van der Waals surface area contributed by atoms with E-state index in [9.17, 15) is 23.1 Å². The van der Waals surface area contributed by atoms with Crippen molar-refractivity contribution in [3.63, 3.8) is 0 Å². The van der Waals surface area contributed by atoms with Crippen LogP contribution in [-0.4, -0.2) is 49.5 Å². The van der Waals surface area contributed by atoms with Gasteiger partial charge in [0.05, 0.1) is 17.9 Å². The van der Waals surface area contributed by atoms with Gasteiger partial charge in [-0.2, -0.15) is 4.31 Å². The predicted molar refractivity (Wildman–Crippen MR) is 79.4 cm³/mol. The number of esters is 1. The summed E-state index contributed by atoms with van der Waals surface area (Å²) in [6.45, 7) is 1.87. The highest BCUT2D eigenvalue weighted by Crippen LogP contribution is 2.31.